The highest BCUT2D eigenvalue weighted by Gasteiger charge is 2.51. The Labute approximate surface area is 325 Å². The minimum atomic E-state index is -0.520. The molecule has 0 amide bonds. The van der Waals surface area contributed by atoms with Gasteiger partial charge in [-0.1, -0.05) is 182 Å². The fourth-order valence-corrected chi connectivity index (χ4v) is 9.89. The number of nitrogens with zero attached hydrogens (tertiary/aromatic N) is 2. The van der Waals surface area contributed by atoms with Gasteiger partial charge in [0.2, 0.25) is 0 Å². The first-order valence-electron chi connectivity index (χ1n) is 19.5. The topological polar surface area (TPSA) is 41.4 Å². The SMILES string of the molecule is c1ccc(C2=NC(c3ccc4c(c3)C3(c5ccccc5-4)c4ccccc4-n4c5ccccc5c5cccc3c54)NC(c3ccc(-c4ccccc4)cc3)N2)cc1. The molecule has 4 heteroatoms. The maximum absolute atomic E-state index is 5.41. The Morgan fingerprint density at radius 3 is 1.93 bits per heavy atom. The molecule has 0 radical (unpaired) electrons. The Morgan fingerprint density at radius 1 is 0.464 bits per heavy atom. The number of amidine groups is 1. The van der Waals surface area contributed by atoms with Gasteiger partial charge in [-0.2, -0.15) is 0 Å². The first-order chi connectivity index (χ1) is 27.8. The van der Waals surface area contributed by atoms with Gasteiger partial charge in [-0.05, 0) is 67.8 Å². The molecular weight excluding hydrogens is 681 g/mol. The smallest absolute Gasteiger partial charge is 0.131 e. The van der Waals surface area contributed by atoms with Crippen LogP contribution in [0.2, 0.25) is 0 Å². The van der Waals surface area contributed by atoms with E-state index >= 15 is 0 Å². The van der Waals surface area contributed by atoms with Crippen LogP contribution in [0.1, 0.15) is 51.3 Å². The van der Waals surface area contributed by atoms with Crippen molar-refractivity contribution in [2.45, 2.75) is 17.7 Å². The molecule has 2 aliphatic heterocycles. The van der Waals surface area contributed by atoms with E-state index in [0.29, 0.717) is 0 Å². The normalized spacial score (nSPS) is 19.0. The van der Waals surface area contributed by atoms with Crippen LogP contribution in [0.3, 0.4) is 0 Å². The number of aromatic nitrogens is 1. The van der Waals surface area contributed by atoms with Gasteiger partial charge >= 0.3 is 0 Å². The van der Waals surface area contributed by atoms with Crippen LogP contribution < -0.4 is 10.6 Å². The number of hydrogen-bond acceptors (Lipinski definition) is 3. The molecular formula is C52H36N4. The second-order valence-corrected chi connectivity index (χ2v) is 15.2. The predicted octanol–water partition coefficient (Wildman–Crippen LogP) is 11.5. The van der Waals surface area contributed by atoms with E-state index in [1.165, 1.54) is 72.0 Å². The van der Waals surface area contributed by atoms with Crippen molar-refractivity contribution in [2.75, 3.05) is 0 Å². The summed E-state index contributed by atoms with van der Waals surface area (Å²) >= 11 is 0. The Balaban J connectivity index is 1.06. The Morgan fingerprint density at radius 2 is 1.09 bits per heavy atom. The van der Waals surface area contributed by atoms with Crippen LogP contribution in [-0.2, 0) is 5.41 Å². The number of fused-ring (bicyclic) bond motifs is 12. The van der Waals surface area contributed by atoms with Gasteiger partial charge < -0.3 is 9.88 Å². The van der Waals surface area contributed by atoms with Crippen molar-refractivity contribution in [1.82, 2.24) is 15.2 Å². The summed E-state index contributed by atoms with van der Waals surface area (Å²) < 4.78 is 2.50. The number of aliphatic imine (C=N–C) groups is 1. The maximum Gasteiger partial charge on any atom is 0.131 e. The molecule has 9 aromatic rings. The lowest BCUT2D eigenvalue weighted by Gasteiger charge is -2.40. The van der Waals surface area contributed by atoms with Crippen LogP contribution in [0.5, 0.6) is 0 Å². The fourth-order valence-electron chi connectivity index (χ4n) is 9.89. The van der Waals surface area contributed by atoms with E-state index < -0.39 is 5.41 Å². The molecule has 2 N–H and O–H groups in total. The molecule has 3 aliphatic rings. The lowest BCUT2D eigenvalue weighted by Crippen LogP contribution is -2.45. The summed E-state index contributed by atoms with van der Waals surface area (Å²) in [6, 6.07) is 70.9. The third kappa shape index (κ3) is 4.36. The van der Waals surface area contributed by atoms with Gasteiger partial charge in [0.15, 0.2) is 0 Å². The van der Waals surface area contributed by atoms with Gasteiger partial charge in [0.25, 0.3) is 0 Å². The molecule has 1 aliphatic carbocycles. The molecule has 0 bridgehead atoms. The van der Waals surface area contributed by atoms with Gasteiger partial charge in [-0.3, -0.25) is 5.32 Å². The van der Waals surface area contributed by atoms with Crippen molar-refractivity contribution in [3.8, 4) is 27.9 Å². The summed E-state index contributed by atoms with van der Waals surface area (Å²) in [5, 5.41) is 10.2. The molecule has 8 aromatic carbocycles. The molecule has 1 aromatic heterocycles. The highest BCUT2D eigenvalue weighted by molar-refractivity contribution is 6.12. The van der Waals surface area contributed by atoms with Crippen LogP contribution in [-0.4, -0.2) is 10.4 Å². The lowest BCUT2D eigenvalue weighted by molar-refractivity contribution is 0.408. The quantitative estimate of drug-likeness (QED) is 0.190. The van der Waals surface area contributed by atoms with Gasteiger partial charge in [-0.15, -0.1) is 0 Å². The average molecular weight is 717 g/mol. The minimum Gasteiger partial charge on any atom is -0.350 e. The maximum atomic E-state index is 5.41. The van der Waals surface area contributed by atoms with Gasteiger partial charge in [-0.25, -0.2) is 4.99 Å². The van der Waals surface area contributed by atoms with Crippen LogP contribution in [0.25, 0.3) is 49.7 Å². The van der Waals surface area contributed by atoms with E-state index in [-0.39, 0.29) is 12.3 Å². The van der Waals surface area contributed by atoms with Crippen molar-refractivity contribution in [3.05, 3.63) is 233 Å². The zero-order valence-corrected chi connectivity index (χ0v) is 30.5. The molecule has 12 rings (SSSR count). The third-order valence-corrected chi connectivity index (χ3v) is 12.3. The molecule has 3 atom stereocenters. The van der Waals surface area contributed by atoms with Crippen molar-refractivity contribution >= 4 is 27.6 Å². The van der Waals surface area contributed by atoms with Crippen molar-refractivity contribution in [2.24, 2.45) is 4.99 Å². The predicted molar refractivity (Wildman–Crippen MR) is 228 cm³/mol. The zero-order chi connectivity index (χ0) is 36.8. The highest BCUT2D eigenvalue weighted by atomic mass is 15.3. The number of rotatable bonds is 4. The van der Waals surface area contributed by atoms with Crippen molar-refractivity contribution < 1.29 is 0 Å². The standard InChI is InChI=1S/C52H36N4/c1-3-14-33(15-4-1)34-26-28-36(29-27-34)50-53-49(35-16-5-2-6-17-35)54-51(55-50)37-30-31-39-38-18-7-9-21-42(38)52(45(39)32-37)43-22-10-12-25-47(43)56-46-24-11-8-19-40(46)41-20-13-23-44(52)48(41)56/h1-32,50-51,55H,(H,53,54). The summed E-state index contributed by atoms with van der Waals surface area (Å²) in [5.41, 5.74) is 16.8. The first-order valence-corrected chi connectivity index (χ1v) is 19.5. The van der Waals surface area contributed by atoms with E-state index in [4.69, 9.17) is 4.99 Å². The number of para-hydroxylation sites is 3. The van der Waals surface area contributed by atoms with E-state index in [1.807, 2.05) is 0 Å². The summed E-state index contributed by atoms with van der Waals surface area (Å²) in [5.74, 6) is 0.877. The Kier molecular flexibility index (Phi) is 6.72. The van der Waals surface area contributed by atoms with Gasteiger partial charge in [0.05, 0.1) is 22.1 Å². The first kappa shape index (κ1) is 31.4. The van der Waals surface area contributed by atoms with Crippen LogP contribution in [0, 0.1) is 0 Å². The lowest BCUT2D eigenvalue weighted by atomic mass is 9.65. The number of benzene rings is 8. The summed E-state index contributed by atoms with van der Waals surface area (Å²) in [7, 11) is 0. The molecule has 0 saturated heterocycles. The van der Waals surface area contributed by atoms with E-state index in [2.05, 4.69) is 209 Å². The fraction of sp³-hybridized carbons (Fsp3) is 0.0577. The molecule has 4 nitrogen and oxygen atoms in total. The summed E-state index contributed by atoms with van der Waals surface area (Å²) in [4.78, 5) is 5.41. The van der Waals surface area contributed by atoms with Crippen LogP contribution in [0.4, 0.5) is 0 Å². The second-order valence-electron chi connectivity index (χ2n) is 15.2. The average Bonchev–Trinajstić information content (AvgIpc) is 3.77. The van der Waals surface area contributed by atoms with Crippen LogP contribution in [0.15, 0.2) is 199 Å². The van der Waals surface area contributed by atoms with E-state index in [1.54, 1.807) is 0 Å². The van der Waals surface area contributed by atoms with Gasteiger partial charge in [0.1, 0.15) is 18.2 Å². The van der Waals surface area contributed by atoms with E-state index in [9.17, 15) is 0 Å². The summed E-state index contributed by atoms with van der Waals surface area (Å²) in [6.45, 7) is 0. The molecule has 0 saturated carbocycles. The molecule has 1 spiro atoms. The second kappa shape index (κ2) is 12.0. The van der Waals surface area contributed by atoms with Crippen LogP contribution >= 0.6 is 0 Å². The molecule has 3 unspecified atom stereocenters. The third-order valence-electron chi connectivity index (χ3n) is 12.3. The zero-order valence-electron chi connectivity index (χ0n) is 30.5. The molecule has 264 valence electrons. The number of nitrogens with one attached hydrogen (secondary N) is 2. The molecule has 56 heavy (non-hydrogen) atoms. The summed E-state index contributed by atoms with van der Waals surface area (Å²) in [6.07, 6.45) is -0.450. The van der Waals surface area contributed by atoms with Gasteiger partial charge in [0, 0.05) is 16.3 Å². The van der Waals surface area contributed by atoms with E-state index in [0.717, 1.165) is 22.5 Å². The Bertz CT molecular complexity index is 3030. The monoisotopic (exact) mass is 716 g/mol. The molecule has 3 heterocycles. The van der Waals surface area contributed by atoms with Crippen molar-refractivity contribution in [1.29, 1.82) is 0 Å². The Hall–Kier alpha value is -7.01. The largest absolute Gasteiger partial charge is 0.350 e. The minimum absolute atomic E-state index is 0.156. The molecule has 0 fully saturated rings. The van der Waals surface area contributed by atoms with Crippen molar-refractivity contribution in [3.63, 3.8) is 0 Å². The highest BCUT2D eigenvalue weighted by Crippen LogP contribution is 2.61. The number of hydrogen-bond donors (Lipinski definition) is 2.